The molecule has 11 heavy (non-hydrogen) atoms. The zero-order valence-electron chi connectivity index (χ0n) is 9.07. The summed E-state index contributed by atoms with van der Waals surface area (Å²) in [6.45, 7) is 14.4. The van der Waals surface area contributed by atoms with Crippen molar-refractivity contribution in [3.05, 3.63) is 0 Å². The maximum absolute atomic E-state index is 2.46. The lowest BCUT2D eigenvalue weighted by atomic mass is 10.00. The summed E-state index contributed by atoms with van der Waals surface area (Å²) in [6.07, 6.45) is 2.83. The topological polar surface area (TPSA) is 0 Å². The normalized spacial score (nSPS) is 13.1. The average molecular weight is 172 g/mol. The summed E-state index contributed by atoms with van der Waals surface area (Å²) in [6, 6.07) is 0. The summed E-state index contributed by atoms with van der Waals surface area (Å²) in [5.74, 6) is 0.877. The van der Waals surface area contributed by atoms with Gasteiger partial charge in [-0.1, -0.05) is 53.6 Å². The lowest BCUT2D eigenvalue weighted by Crippen LogP contribution is -2.21. The Morgan fingerprint density at radius 1 is 1.18 bits per heavy atom. The molecule has 0 nitrogen and oxygen atoms in total. The van der Waals surface area contributed by atoms with Crippen molar-refractivity contribution in [2.45, 2.75) is 58.7 Å². The molecule has 68 valence electrons. The van der Waals surface area contributed by atoms with Crippen LogP contribution in [0, 0.1) is 5.92 Å². The molecule has 0 radical (unpaired) electrons. The third kappa shape index (κ3) is 4.62. The summed E-state index contributed by atoms with van der Waals surface area (Å²) in [5.41, 5.74) is 0. The molecule has 0 fully saturated rings. The van der Waals surface area contributed by atoms with Crippen LogP contribution in [0.3, 0.4) is 0 Å². The maximum atomic E-state index is 2.46. The van der Waals surface area contributed by atoms with Gasteiger partial charge in [0.2, 0.25) is 0 Å². The van der Waals surface area contributed by atoms with Gasteiger partial charge in [0.25, 0.3) is 0 Å². The molecule has 0 aromatic rings. The van der Waals surface area contributed by atoms with E-state index in [2.05, 4.69) is 40.8 Å². The van der Waals surface area contributed by atoms with Gasteiger partial charge >= 0.3 is 0 Å². The van der Waals surface area contributed by atoms with Crippen molar-refractivity contribution in [1.82, 2.24) is 0 Å². The third-order valence-electron chi connectivity index (χ3n) is 2.93. The van der Waals surface area contributed by atoms with Gasteiger partial charge in [-0.15, -0.1) is 0 Å². The first-order chi connectivity index (χ1) is 4.86. The lowest BCUT2D eigenvalue weighted by Gasteiger charge is -2.28. The van der Waals surface area contributed by atoms with Crippen molar-refractivity contribution in [1.29, 1.82) is 0 Å². The van der Waals surface area contributed by atoms with Crippen LogP contribution in [0.25, 0.3) is 0 Å². The molecule has 0 unspecified atom stereocenters. The second-order valence-electron chi connectivity index (χ2n) is 5.08. The second kappa shape index (κ2) is 4.29. The second-order valence-corrected chi connectivity index (χ2v) is 8.95. The van der Waals surface area contributed by atoms with E-state index in [9.17, 15) is 0 Å². The summed E-state index contributed by atoms with van der Waals surface area (Å²) < 4.78 is 0. The predicted molar refractivity (Wildman–Crippen MR) is 57.0 cm³/mol. The molecule has 0 saturated carbocycles. The van der Waals surface area contributed by atoms with Crippen molar-refractivity contribution in [3.63, 3.8) is 0 Å². The molecule has 0 atom stereocenters. The first kappa shape index (κ1) is 11.2. The Hall–Kier alpha value is 0.217. The highest BCUT2D eigenvalue weighted by Crippen LogP contribution is 2.35. The number of hydrogen-bond acceptors (Lipinski definition) is 0. The first-order valence-electron chi connectivity index (χ1n) is 4.86. The molecule has 0 aliphatic rings. The molecule has 0 bridgehead atoms. The summed E-state index contributed by atoms with van der Waals surface area (Å²) in [7, 11) is -0.439. The van der Waals surface area contributed by atoms with Gasteiger partial charge in [0.15, 0.2) is 0 Å². The maximum Gasteiger partial charge on any atom is 0.0364 e. The van der Waals surface area contributed by atoms with Crippen LogP contribution in [0.2, 0.25) is 18.1 Å². The van der Waals surface area contributed by atoms with Crippen LogP contribution in [-0.2, 0) is 0 Å². The molecule has 0 heterocycles. The smallest absolute Gasteiger partial charge is 0.0364 e. The minimum atomic E-state index is -0.439. The van der Waals surface area contributed by atoms with Gasteiger partial charge in [-0.3, -0.25) is 0 Å². The minimum Gasteiger partial charge on any atom is -0.0718 e. The van der Waals surface area contributed by atoms with E-state index in [0.717, 1.165) is 5.92 Å². The lowest BCUT2D eigenvalue weighted by molar-refractivity contribution is 0.482. The molecule has 0 aromatic heterocycles. The van der Waals surface area contributed by atoms with Crippen molar-refractivity contribution in [2.24, 2.45) is 5.92 Å². The van der Waals surface area contributed by atoms with Crippen LogP contribution in [0.5, 0.6) is 0 Å². The van der Waals surface area contributed by atoms with Crippen molar-refractivity contribution >= 4 is 8.80 Å². The number of rotatable bonds is 4. The monoisotopic (exact) mass is 172 g/mol. The Morgan fingerprint density at radius 2 is 1.64 bits per heavy atom. The Labute approximate surface area is 74.0 Å². The van der Waals surface area contributed by atoms with Gasteiger partial charge in [-0.25, -0.2) is 0 Å². The quantitative estimate of drug-likeness (QED) is 0.567. The molecule has 0 amide bonds. The highest BCUT2D eigenvalue weighted by Gasteiger charge is 2.22. The molecule has 0 aromatic carbocycles. The Morgan fingerprint density at radius 3 is 1.91 bits per heavy atom. The molecule has 1 heteroatoms. The summed E-state index contributed by atoms with van der Waals surface area (Å²) in [4.78, 5) is 0. The van der Waals surface area contributed by atoms with E-state index in [4.69, 9.17) is 0 Å². The molecular weight excluding hydrogens is 148 g/mol. The van der Waals surface area contributed by atoms with Crippen LogP contribution < -0.4 is 0 Å². The molecule has 0 saturated heterocycles. The first-order valence-corrected chi connectivity index (χ1v) is 7.75. The van der Waals surface area contributed by atoms with E-state index < -0.39 is 8.80 Å². The molecule has 0 aliphatic heterocycles. The molecule has 0 rings (SSSR count). The Bertz CT molecular complexity index is 103. The van der Waals surface area contributed by atoms with Crippen molar-refractivity contribution in [3.8, 4) is 0 Å². The van der Waals surface area contributed by atoms with E-state index in [1.807, 2.05) is 0 Å². The third-order valence-corrected chi connectivity index (χ3v) is 6.34. The van der Waals surface area contributed by atoms with E-state index in [0.29, 0.717) is 5.04 Å². The van der Waals surface area contributed by atoms with Crippen LogP contribution in [-0.4, -0.2) is 8.80 Å². The number of hydrogen-bond donors (Lipinski definition) is 0. The van der Waals surface area contributed by atoms with Crippen LogP contribution in [0.4, 0.5) is 0 Å². The fraction of sp³-hybridized carbons (Fsp3) is 1.00. The fourth-order valence-corrected chi connectivity index (χ4v) is 1.69. The van der Waals surface area contributed by atoms with Gasteiger partial charge in [-0.05, 0) is 11.0 Å². The van der Waals surface area contributed by atoms with Gasteiger partial charge in [0.1, 0.15) is 0 Å². The summed E-state index contributed by atoms with van der Waals surface area (Å²) in [5, 5.41) is 0.671. The molecule has 0 spiro atoms. The predicted octanol–water partition coefficient (Wildman–Crippen LogP) is 3.69. The van der Waals surface area contributed by atoms with Crippen molar-refractivity contribution < 1.29 is 0 Å². The molecule has 0 aliphatic carbocycles. The van der Waals surface area contributed by atoms with Crippen LogP contribution >= 0.6 is 0 Å². The molecule has 0 N–H and O–H groups in total. The van der Waals surface area contributed by atoms with E-state index >= 15 is 0 Å². The largest absolute Gasteiger partial charge is 0.0718 e. The van der Waals surface area contributed by atoms with Gasteiger partial charge in [-0.2, -0.15) is 0 Å². The van der Waals surface area contributed by atoms with Gasteiger partial charge in [0.05, 0.1) is 0 Å². The van der Waals surface area contributed by atoms with Crippen LogP contribution in [0.1, 0.15) is 40.5 Å². The minimum absolute atomic E-state index is 0.439. The zero-order chi connectivity index (χ0) is 9.07. The van der Waals surface area contributed by atoms with Crippen LogP contribution in [0.15, 0.2) is 0 Å². The van der Waals surface area contributed by atoms with E-state index in [1.165, 1.54) is 12.8 Å². The summed E-state index contributed by atoms with van der Waals surface area (Å²) >= 11 is 0. The SMILES string of the molecule is CC(C)CCC(C)(C)[SiH](C)C. The van der Waals surface area contributed by atoms with Crippen molar-refractivity contribution in [2.75, 3.05) is 0 Å². The average Bonchev–Trinajstić information content (AvgIpc) is 1.84. The van der Waals surface area contributed by atoms with Gasteiger partial charge < -0.3 is 0 Å². The fourth-order valence-electron chi connectivity index (χ4n) is 0.949. The highest BCUT2D eigenvalue weighted by molar-refractivity contribution is 6.59. The molecular formula is C10H24Si. The van der Waals surface area contributed by atoms with E-state index in [1.54, 1.807) is 0 Å². The van der Waals surface area contributed by atoms with Gasteiger partial charge in [0, 0.05) is 8.80 Å². The zero-order valence-corrected chi connectivity index (χ0v) is 10.2. The Kier molecular flexibility index (Phi) is 4.38. The highest BCUT2D eigenvalue weighted by atomic mass is 28.3. The Balaban J connectivity index is 3.73. The standard InChI is InChI=1S/C10H24Si/c1-9(2)7-8-10(3,4)11(5)6/h9,11H,7-8H2,1-6H3. The van der Waals surface area contributed by atoms with E-state index in [-0.39, 0.29) is 0 Å².